The smallest absolute Gasteiger partial charge is 0.221 e. The second-order valence-corrected chi connectivity index (χ2v) is 6.67. The SMILES string of the molecule is Cc1cc(C)cc(-n2nnn(CN(C)Cc3ccc(F)cc3)c2=S)c1. The van der Waals surface area contributed by atoms with E-state index in [1.807, 2.05) is 37.9 Å². The number of nitrogens with zero attached hydrogens (tertiary/aromatic N) is 5. The standard InChI is InChI=1S/C18H20FN5S/c1-13-8-14(2)10-17(9-13)24-18(25)23(20-21-24)12-22(3)11-15-4-6-16(19)7-5-15/h4-10H,11-12H2,1-3H3. The van der Waals surface area contributed by atoms with Crippen molar-refractivity contribution in [2.75, 3.05) is 7.05 Å². The van der Waals surface area contributed by atoms with Crippen LogP contribution in [0.3, 0.4) is 0 Å². The van der Waals surface area contributed by atoms with Crippen LogP contribution in [0.4, 0.5) is 4.39 Å². The van der Waals surface area contributed by atoms with Crippen LogP contribution in [0.25, 0.3) is 5.69 Å². The molecular formula is C18H20FN5S. The van der Waals surface area contributed by atoms with E-state index in [-0.39, 0.29) is 5.82 Å². The Morgan fingerprint density at radius 2 is 1.68 bits per heavy atom. The van der Waals surface area contributed by atoms with Crippen molar-refractivity contribution in [3.8, 4) is 5.69 Å². The average Bonchev–Trinajstić information content (AvgIpc) is 2.89. The molecule has 0 N–H and O–H groups in total. The van der Waals surface area contributed by atoms with Crippen molar-refractivity contribution >= 4 is 12.2 Å². The van der Waals surface area contributed by atoms with Gasteiger partial charge in [-0.25, -0.2) is 9.07 Å². The summed E-state index contributed by atoms with van der Waals surface area (Å²) in [6, 6.07) is 12.6. The van der Waals surface area contributed by atoms with Gasteiger partial charge < -0.3 is 0 Å². The van der Waals surface area contributed by atoms with E-state index < -0.39 is 0 Å². The molecule has 7 heteroatoms. The van der Waals surface area contributed by atoms with Crippen LogP contribution >= 0.6 is 12.2 Å². The molecule has 0 fully saturated rings. The first-order valence-electron chi connectivity index (χ1n) is 7.97. The highest BCUT2D eigenvalue weighted by molar-refractivity contribution is 7.71. The molecule has 0 amide bonds. The Hall–Kier alpha value is -2.38. The summed E-state index contributed by atoms with van der Waals surface area (Å²) in [5.41, 5.74) is 4.24. The minimum Gasteiger partial charge on any atom is -0.283 e. The van der Waals surface area contributed by atoms with Crippen molar-refractivity contribution < 1.29 is 4.39 Å². The zero-order valence-electron chi connectivity index (χ0n) is 14.5. The molecule has 3 aromatic rings. The molecule has 1 aromatic heterocycles. The minimum atomic E-state index is -0.231. The Kier molecular flexibility index (Phi) is 5.06. The van der Waals surface area contributed by atoms with Gasteiger partial charge in [0.05, 0.1) is 12.4 Å². The van der Waals surface area contributed by atoms with E-state index in [4.69, 9.17) is 12.2 Å². The second kappa shape index (κ2) is 7.25. The lowest BCUT2D eigenvalue weighted by Gasteiger charge is -2.16. The van der Waals surface area contributed by atoms with Crippen LogP contribution in [0.5, 0.6) is 0 Å². The number of tetrazole rings is 1. The maximum Gasteiger partial charge on any atom is 0.221 e. The van der Waals surface area contributed by atoms with Gasteiger partial charge in [-0.15, -0.1) is 0 Å². The minimum absolute atomic E-state index is 0.231. The first kappa shape index (κ1) is 17.4. The molecule has 0 aliphatic carbocycles. The van der Waals surface area contributed by atoms with Crippen LogP contribution in [0.1, 0.15) is 16.7 Å². The van der Waals surface area contributed by atoms with Gasteiger partial charge in [0.15, 0.2) is 0 Å². The van der Waals surface area contributed by atoms with Crippen molar-refractivity contribution in [2.45, 2.75) is 27.1 Å². The predicted molar refractivity (Wildman–Crippen MR) is 97.5 cm³/mol. The fraction of sp³-hybridized carbons (Fsp3) is 0.278. The largest absolute Gasteiger partial charge is 0.283 e. The van der Waals surface area contributed by atoms with Gasteiger partial charge in [0.1, 0.15) is 5.82 Å². The van der Waals surface area contributed by atoms with Crippen LogP contribution in [-0.2, 0) is 13.2 Å². The van der Waals surface area contributed by atoms with Crippen molar-refractivity contribution in [3.63, 3.8) is 0 Å². The zero-order valence-corrected chi connectivity index (χ0v) is 15.3. The Morgan fingerprint density at radius 1 is 1.04 bits per heavy atom. The summed E-state index contributed by atoms with van der Waals surface area (Å²) in [5.74, 6) is -0.231. The van der Waals surface area contributed by atoms with Crippen molar-refractivity contribution in [2.24, 2.45) is 0 Å². The third-order valence-electron chi connectivity index (χ3n) is 3.83. The quantitative estimate of drug-likeness (QED) is 0.654. The highest BCUT2D eigenvalue weighted by atomic mass is 32.1. The molecule has 0 saturated carbocycles. The van der Waals surface area contributed by atoms with Gasteiger partial charge >= 0.3 is 0 Å². The number of aryl methyl sites for hydroxylation is 2. The van der Waals surface area contributed by atoms with Gasteiger partial charge in [0, 0.05) is 6.54 Å². The van der Waals surface area contributed by atoms with Crippen molar-refractivity contribution in [3.05, 3.63) is 69.7 Å². The predicted octanol–water partition coefficient (Wildman–Crippen LogP) is 3.64. The lowest BCUT2D eigenvalue weighted by molar-refractivity contribution is 0.242. The van der Waals surface area contributed by atoms with E-state index >= 15 is 0 Å². The summed E-state index contributed by atoms with van der Waals surface area (Å²) >= 11 is 5.52. The number of halogens is 1. The maximum absolute atomic E-state index is 13.0. The van der Waals surface area contributed by atoms with Gasteiger partial charge in [0.2, 0.25) is 4.77 Å². The second-order valence-electron chi connectivity index (χ2n) is 6.30. The third-order valence-corrected chi connectivity index (χ3v) is 4.22. The molecule has 0 spiro atoms. The summed E-state index contributed by atoms with van der Waals surface area (Å²) in [6.45, 7) is 5.25. The summed E-state index contributed by atoms with van der Waals surface area (Å²) in [5, 5.41) is 8.36. The van der Waals surface area contributed by atoms with E-state index in [9.17, 15) is 4.39 Å². The van der Waals surface area contributed by atoms with Crippen LogP contribution in [-0.4, -0.2) is 31.7 Å². The fourth-order valence-electron chi connectivity index (χ4n) is 2.78. The molecule has 0 atom stereocenters. The molecule has 3 rings (SSSR count). The highest BCUT2D eigenvalue weighted by Gasteiger charge is 2.09. The summed E-state index contributed by atoms with van der Waals surface area (Å²) in [7, 11) is 1.96. The van der Waals surface area contributed by atoms with Crippen LogP contribution < -0.4 is 0 Å². The van der Waals surface area contributed by atoms with Crippen molar-refractivity contribution in [1.29, 1.82) is 0 Å². The van der Waals surface area contributed by atoms with Crippen LogP contribution in [0.2, 0.25) is 0 Å². The molecule has 0 saturated heterocycles. The van der Waals surface area contributed by atoms with E-state index in [1.54, 1.807) is 21.5 Å². The van der Waals surface area contributed by atoms with Gasteiger partial charge in [-0.3, -0.25) is 4.90 Å². The molecule has 5 nitrogen and oxygen atoms in total. The number of hydrogen-bond donors (Lipinski definition) is 0. The number of aromatic nitrogens is 4. The maximum atomic E-state index is 13.0. The Bertz CT molecular complexity index is 909. The average molecular weight is 357 g/mol. The van der Waals surface area contributed by atoms with Gasteiger partial charge in [-0.1, -0.05) is 18.2 Å². The Morgan fingerprint density at radius 3 is 2.32 bits per heavy atom. The van der Waals surface area contributed by atoms with E-state index in [0.717, 1.165) is 22.4 Å². The van der Waals surface area contributed by atoms with Crippen molar-refractivity contribution in [1.82, 2.24) is 24.7 Å². The molecule has 2 aromatic carbocycles. The summed E-state index contributed by atoms with van der Waals surface area (Å²) < 4.78 is 16.9. The van der Waals surface area contributed by atoms with Gasteiger partial charge in [-0.2, -0.15) is 4.68 Å². The lowest BCUT2D eigenvalue weighted by Crippen LogP contribution is -2.22. The molecule has 0 aliphatic heterocycles. The molecule has 0 aliphatic rings. The van der Waals surface area contributed by atoms with Gasteiger partial charge in [0.25, 0.3) is 0 Å². The van der Waals surface area contributed by atoms with E-state index in [1.165, 1.54) is 12.1 Å². The Labute approximate surface area is 151 Å². The van der Waals surface area contributed by atoms with E-state index in [0.29, 0.717) is 18.0 Å². The topological polar surface area (TPSA) is 38.9 Å². The number of rotatable bonds is 5. The molecule has 0 bridgehead atoms. The summed E-state index contributed by atoms with van der Waals surface area (Å²) in [6.07, 6.45) is 0. The highest BCUT2D eigenvalue weighted by Crippen LogP contribution is 2.13. The van der Waals surface area contributed by atoms with E-state index in [2.05, 4.69) is 16.5 Å². The molecule has 0 unspecified atom stereocenters. The third kappa shape index (κ3) is 4.18. The van der Waals surface area contributed by atoms with Gasteiger partial charge in [-0.05, 0) is 84.5 Å². The molecular weight excluding hydrogens is 337 g/mol. The normalized spacial score (nSPS) is 11.2. The molecule has 25 heavy (non-hydrogen) atoms. The lowest BCUT2D eigenvalue weighted by atomic mass is 10.1. The first-order valence-corrected chi connectivity index (χ1v) is 8.38. The van der Waals surface area contributed by atoms with Crippen LogP contribution in [0.15, 0.2) is 42.5 Å². The Balaban J connectivity index is 1.76. The molecule has 130 valence electrons. The fourth-order valence-corrected chi connectivity index (χ4v) is 3.01. The molecule has 0 radical (unpaired) electrons. The number of hydrogen-bond acceptors (Lipinski definition) is 4. The first-order chi connectivity index (χ1) is 11.9. The van der Waals surface area contributed by atoms with Crippen LogP contribution in [0, 0.1) is 24.4 Å². The zero-order chi connectivity index (χ0) is 18.0. The summed E-state index contributed by atoms with van der Waals surface area (Å²) in [4.78, 5) is 2.05. The monoisotopic (exact) mass is 357 g/mol. The molecule has 1 heterocycles. The number of benzene rings is 2.